The summed E-state index contributed by atoms with van der Waals surface area (Å²) >= 11 is 1.62. The number of anilines is 1. The molecule has 5 heteroatoms. The van der Waals surface area contributed by atoms with Gasteiger partial charge in [-0.3, -0.25) is 0 Å². The molecule has 1 aromatic carbocycles. The maximum Gasteiger partial charge on any atom is 0.0795 e. The standard InChI is InChI=1S/C14H14N4S/c1-11(14-9-19-10-15-14)17-12-3-5-13(6-4-12)18-8-2-7-16-18/h2-11,17H,1H3. The normalized spacial score (nSPS) is 12.3. The van der Waals surface area contributed by atoms with Crippen LogP contribution in [0, 0.1) is 0 Å². The quantitative estimate of drug-likeness (QED) is 0.789. The molecule has 0 aliphatic rings. The van der Waals surface area contributed by atoms with Crippen LogP contribution in [-0.2, 0) is 0 Å². The first-order valence-electron chi connectivity index (χ1n) is 6.07. The third-order valence-electron chi connectivity index (χ3n) is 2.91. The average Bonchev–Trinajstić information content (AvgIpc) is 3.13. The Kier molecular flexibility index (Phi) is 3.29. The number of aromatic nitrogens is 3. The van der Waals surface area contributed by atoms with Gasteiger partial charge in [0.1, 0.15) is 0 Å². The van der Waals surface area contributed by atoms with Crippen LogP contribution in [0.3, 0.4) is 0 Å². The first-order chi connectivity index (χ1) is 9.33. The fraction of sp³-hybridized carbons (Fsp3) is 0.143. The van der Waals surface area contributed by atoms with E-state index < -0.39 is 0 Å². The molecule has 1 unspecified atom stereocenters. The van der Waals surface area contributed by atoms with Crippen LogP contribution in [0.5, 0.6) is 0 Å². The highest BCUT2D eigenvalue weighted by Crippen LogP contribution is 2.20. The zero-order chi connectivity index (χ0) is 13.1. The van der Waals surface area contributed by atoms with Crippen LogP contribution in [0.1, 0.15) is 18.7 Å². The SMILES string of the molecule is CC(Nc1ccc(-n2cccn2)cc1)c1cscn1. The summed E-state index contributed by atoms with van der Waals surface area (Å²) in [4.78, 5) is 4.31. The van der Waals surface area contributed by atoms with Gasteiger partial charge in [0.2, 0.25) is 0 Å². The van der Waals surface area contributed by atoms with Crippen LogP contribution >= 0.6 is 11.3 Å². The molecule has 3 rings (SSSR count). The van der Waals surface area contributed by atoms with E-state index in [2.05, 4.69) is 39.8 Å². The smallest absolute Gasteiger partial charge is 0.0795 e. The Morgan fingerprint density at radius 1 is 1.26 bits per heavy atom. The summed E-state index contributed by atoms with van der Waals surface area (Å²) in [5.41, 5.74) is 5.06. The molecule has 2 aromatic heterocycles. The Balaban J connectivity index is 1.73. The van der Waals surface area contributed by atoms with Crippen molar-refractivity contribution in [3.63, 3.8) is 0 Å². The van der Waals surface area contributed by atoms with Crippen molar-refractivity contribution in [1.29, 1.82) is 0 Å². The molecule has 4 nitrogen and oxygen atoms in total. The van der Waals surface area contributed by atoms with Gasteiger partial charge in [0, 0.05) is 23.5 Å². The molecule has 0 spiro atoms. The molecule has 2 heterocycles. The third-order valence-corrected chi connectivity index (χ3v) is 3.52. The van der Waals surface area contributed by atoms with E-state index >= 15 is 0 Å². The predicted octanol–water partition coefficient (Wildman–Crippen LogP) is 3.50. The molecule has 96 valence electrons. The molecule has 0 saturated carbocycles. The van der Waals surface area contributed by atoms with Crippen LogP contribution in [0.15, 0.2) is 53.6 Å². The van der Waals surface area contributed by atoms with E-state index in [0.29, 0.717) is 0 Å². The van der Waals surface area contributed by atoms with E-state index in [1.165, 1.54) is 0 Å². The summed E-state index contributed by atoms with van der Waals surface area (Å²) < 4.78 is 1.84. The number of nitrogens with one attached hydrogen (secondary N) is 1. The molecule has 0 amide bonds. The monoisotopic (exact) mass is 270 g/mol. The highest BCUT2D eigenvalue weighted by Gasteiger charge is 2.06. The minimum atomic E-state index is 0.210. The van der Waals surface area contributed by atoms with Gasteiger partial charge in [0.15, 0.2) is 0 Å². The number of hydrogen-bond acceptors (Lipinski definition) is 4. The maximum atomic E-state index is 4.31. The van der Waals surface area contributed by atoms with E-state index in [1.54, 1.807) is 17.5 Å². The number of thiazole rings is 1. The van der Waals surface area contributed by atoms with Crippen molar-refractivity contribution >= 4 is 17.0 Å². The van der Waals surface area contributed by atoms with Gasteiger partial charge in [-0.15, -0.1) is 11.3 Å². The van der Waals surface area contributed by atoms with Crippen molar-refractivity contribution in [2.24, 2.45) is 0 Å². The molecule has 0 fully saturated rings. The lowest BCUT2D eigenvalue weighted by atomic mass is 10.2. The van der Waals surface area contributed by atoms with Crippen LogP contribution in [-0.4, -0.2) is 14.8 Å². The van der Waals surface area contributed by atoms with Gasteiger partial charge < -0.3 is 5.32 Å². The number of benzene rings is 1. The first kappa shape index (κ1) is 11.9. The van der Waals surface area contributed by atoms with Gasteiger partial charge in [-0.2, -0.15) is 5.10 Å². The van der Waals surface area contributed by atoms with Crippen LogP contribution in [0.4, 0.5) is 5.69 Å². The average molecular weight is 270 g/mol. The highest BCUT2D eigenvalue weighted by molar-refractivity contribution is 7.07. The van der Waals surface area contributed by atoms with E-state index in [4.69, 9.17) is 0 Å². The predicted molar refractivity (Wildman–Crippen MR) is 77.7 cm³/mol. The van der Waals surface area contributed by atoms with E-state index in [9.17, 15) is 0 Å². The summed E-state index contributed by atoms with van der Waals surface area (Å²) in [7, 11) is 0. The van der Waals surface area contributed by atoms with Crippen molar-refractivity contribution in [3.8, 4) is 5.69 Å². The maximum absolute atomic E-state index is 4.31. The van der Waals surface area contributed by atoms with Gasteiger partial charge >= 0.3 is 0 Å². The lowest BCUT2D eigenvalue weighted by molar-refractivity contribution is 0.848. The van der Waals surface area contributed by atoms with E-state index in [-0.39, 0.29) is 6.04 Å². The molecule has 0 saturated heterocycles. The minimum Gasteiger partial charge on any atom is -0.377 e. The first-order valence-corrected chi connectivity index (χ1v) is 7.02. The molecular formula is C14H14N4S. The van der Waals surface area contributed by atoms with Crippen molar-refractivity contribution in [2.75, 3.05) is 5.32 Å². The summed E-state index contributed by atoms with van der Waals surface area (Å²) in [6, 6.07) is 10.3. The Hall–Kier alpha value is -2.14. The third kappa shape index (κ3) is 2.66. The van der Waals surface area contributed by atoms with Crippen molar-refractivity contribution < 1.29 is 0 Å². The van der Waals surface area contributed by atoms with Crippen molar-refractivity contribution in [1.82, 2.24) is 14.8 Å². The Bertz CT molecular complexity index is 614. The molecule has 19 heavy (non-hydrogen) atoms. The van der Waals surface area contributed by atoms with Gasteiger partial charge in [-0.25, -0.2) is 9.67 Å². The Morgan fingerprint density at radius 3 is 2.74 bits per heavy atom. The summed E-state index contributed by atoms with van der Waals surface area (Å²) in [5, 5.41) is 9.70. The van der Waals surface area contributed by atoms with Gasteiger partial charge in [-0.05, 0) is 37.3 Å². The number of rotatable bonds is 4. The van der Waals surface area contributed by atoms with E-state index in [0.717, 1.165) is 17.1 Å². The van der Waals surface area contributed by atoms with Crippen LogP contribution in [0.2, 0.25) is 0 Å². The Morgan fingerprint density at radius 2 is 2.11 bits per heavy atom. The number of nitrogens with zero attached hydrogens (tertiary/aromatic N) is 3. The van der Waals surface area contributed by atoms with Gasteiger partial charge in [0.25, 0.3) is 0 Å². The number of hydrogen-bond donors (Lipinski definition) is 1. The molecule has 0 aliphatic carbocycles. The fourth-order valence-electron chi connectivity index (χ4n) is 1.89. The molecule has 1 atom stereocenters. The zero-order valence-corrected chi connectivity index (χ0v) is 11.3. The second-order valence-corrected chi connectivity index (χ2v) is 5.00. The minimum absolute atomic E-state index is 0.210. The van der Waals surface area contributed by atoms with Crippen LogP contribution in [0.25, 0.3) is 5.69 Å². The highest BCUT2D eigenvalue weighted by atomic mass is 32.1. The van der Waals surface area contributed by atoms with Gasteiger partial charge in [0.05, 0.1) is 22.9 Å². The van der Waals surface area contributed by atoms with E-state index in [1.807, 2.05) is 34.6 Å². The summed E-state index contributed by atoms with van der Waals surface area (Å²) in [6.07, 6.45) is 3.71. The molecular weight excluding hydrogens is 256 g/mol. The Labute approximate surface area is 115 Å². The lowest BCUT2D eigenvalue weighted by Gasteiger charge is -2.13. The van der Waals surface area contributed by atoms with Crippen molar-refractivity contribution in [3.05, 3.63) is 59.3 Å². The zero-order valence-electron chi connectivity index (χ0n) is 10.5. The summed E-state index contributed by atoms with van der Waals surface area (Å²) in [6.45, 7) is 2.11. The molecule has 1 N–H and O–H groups in total. The fourth-order valence-corrected chi connectivity index (χ4v) is 2.54. The second-order valence-electron chi connectivity index (χ2n) is 4.28. The lowest BCUT2D eigenvalue weighted by Crippen LogP contribution is -2.06. The molecule has 0 radical (unpaired) electrons. The largest absolute Gasteiger partial charge is 0.377 e. The molecule has 0 aliphatic heterocycles. The molecule has 0 bridgehead atoms. The van der Waals surface area contributed by atoms with Crippen LogP contribution < -0.4 is 5.32 Å². The van der Waals surface area contributed by atoms with Crippen molar-refractivity contribution in [2.45, 2.75) is 13.0 Å². The van der Waals surface area contributed by atoms with Gasteiger partial charge in [-0.1, -0.05) is 0 Å². The second kappa shape index (κ2) is 5.24. The topological polar surface area (TPSA) is 42.7 Å². The summed E-state index contributed by atoms with van der Waals surface area (Å²) in [5.74, 6) is 0. The molecule has 3 aromatic rings.